The fourth-order valence-electron chi connectivity index (χ4n) is 8.97. The second-order valence-corrected chi connectivity index (χ2v) is 21.6. The molecule has 0 saturated carbocycles. The minimum atomic E-state index is -0.817. The molecule has 0 aliphatic carbocycles. The van der Waals surface area contributed by atoms with Crippen molar-refractivity contribution < 1.29 is 28.6 Å². The van der Waals surface area contributed by atoms with Crippen LogP contribution in [0.4, 0.5) is 0 Å². The number of esters is 3. The van der Waals surface area contributed by atoms with Crippen molar-refractivity contribution in [3.05, 3.63) is 146 Å². The molecule has 0 saturated heterocycles. The van der Waals surface area contributed by atoms with Crippen molar-refractivity contribution in [1.82, 2.24) is 0 Å². The first-order chi connectivity index (χ1) is 40.0. The second-order valence-electron chi connectivity index (χ2n) is 21.6. The van der Waals surface area contributed by atoms with E-state index in [1.54, 1.807) is 0 Å². The molecule has 0 fully saturated rings. The maximum Gasteiger partial charge on any atom is 0.306 e. The minimum absolute atomic E-state index is 0.106. The van der Waals surface area contributed by atoms with E-state index < -0.39 is 6.10 Å². The molecule has 0 rings (SSSR count). The number of ether oxygens (including phenoxy) is 3. The fourth-order valence-corrected chi connectivity index (χ4v) is 8.97. The van der Waals surface area contributed by atoms with Crippen LogP contribution < -0.4 is 0 Å². The maximum atomic E-state index is 12.9. The lowest BCUT2D eigenvalue weighted by atomic mass is 10.0. The molecule has 0 aromatic heterocycles. The Morgan fingerprint density at radius 1 is 0.247 bits per heavy atom. The van der Waals surface area contributed by atoms with Gasteiger partial charge in [0.2, 0.25) is 0 Å². The first kappa shape index (κ1) is 76.3. The van der Waals surface area contributed by atoms with Gasteiger partial charge in [0.1, 0.15) is 13.2 Å². The molecule has 1 unspecified atom stereocenters. The number of carbonyl (C=O) groups is 3. The molecule has 1 atom stereocenters. The van der Waals surface area contributed by atoms with Gasteiger partial charge in [0.15, 0.2) is 6.10 Å². The van der Waals surface area contributed by atoms with Crippen LogP contribution in [0.5, 0.6) is 0 Å². The van der Waals surface area contributed by atoms with E-state index >= 15 is 0 Å². The summed E-state index contributed by atoms with van der Waals surface area (Å²) >= 11 is 0. The van der Waals surface area contributed by atoms with Crippen LogP contribution in [0, 0.1) is 0 Å². The molecule has 0 radical (unpaired) electrons. The van der Waals surface area contributed by atoms with Crippen LogP contribution in [0.2, 0.25) is 0 Å². The van der Waals surface area contributed by atoms with Crippen molar-refractivity contribution in [3.63, 3.8) is 0 Å². The van der Waals surface area contributed by atoms with Gasteiger partial charge in [0.25, 0.3) is 0 Å². The standard InChI is InChI=1S/C75H122O6/c1-4-7-10-13-16-19-22-25-27-29-31-33-34-35-36-37-38-39-40-42-43-45-47-50-53-56-59-62-65-68-74(77)80-71-72(70-79-73(76)67-64-61-58-55-52-49-24-21-18-15-12-9-6-3)81-75(78)69-66-63-60-57-54-51-48-46-44-41-32-30-28-26-23-20-17-14-11-8-5-2/h7-12,16-21,25-28,31-33,41,49,52,58,61,72H,4-6,13-15,22-24,29-30,34-40,42-48,50-51,53-57,59-60,62-71H2,1-3H3/b10-7-,11-8-,12-9-,19-16-,20-17-,21-18-,27-25-,28-26-,33-31-,41-32-,52-49-,61-58-. The second kappa shape index (κ2) is 67.8. The molecule has 0 bridgehead atoms. The summed E-state index contributed by atoms with van der Waals surface area (Å²) in [6, 6.07) is 0. The van der Waals surface area contributed by atoms with Crippen LogP contribution in [0.3, 0.4) is 0 Å². The number of allylic oxidation sites excluding steroid dienone is 24. The summed E-state index contributed by atoms with van der Waals surface area (Å²) in [6.07, 6.45) is 97.4. The van der Waals surface area contributed by atoms with Crippen LogP contribution in [-0.2, 0) is 28.6 Å². The Hall–Kier alpha value is -4.71. The van der Waals surface area contributed by atoms with Crippen molar-refractivity contribution in [2.75, 3.05) is 13.2 Å². The highest BCUT2D eigenvalue weighted by Crippen LogP contribution is 2.16. The van der Waals surface area contributed by atoms with Gasteiger partial charge in [-0.2, -0.15) is 0 Å². The predicted octanol–water partition coefficient (Wildman–Crippen LogP) is 23.1. The minimum Gasteiger partial charge on any atom is -0.462 e. The third-order valence-corrected chi connectivity index (χ3v) is 13.8. The highest BCUT2D eigenvalue weighted by molar-refractivity contribution is 5.71. The Morgan fingerprint density at radius 3 is 0.765 bits per heavy atom. The van der Waals surface area contributed by atoms with Crippen LogP contribution >= 0.6 is 0 Å². The van der Waals surface area contributed by atoms with Gasteiger partial charge in [-0.05, 0) is 122 Å². The Balaban J connectivity index is 4.32. The number of unbranched alkanes of at least 4 members (excludes halogenated alkanes) is 24. The van der Waals surface area contributed by atoms with Gasteiger partial charge < -0.3 is 14.2 Å². The summed E-state index contributed by atoms with van der Waals surface area (Å²) < 4.78 is 16.9. The van der Waals surface area contributed by atoms with Crippen LogP contribution in [0.25, 0.3) is 0 Å². The number of hydrogen-bond donors (Lipinski definition) is 0. The third-order valence-electron chi connectivity index (χ3n) is 13.8. The van der Waals surface area contributed by atoms with Gasteiger partial charge in [-0.1, -0.05) is 295 Å². The van der Waals surface area contributed by atoms with Gasteiger partial charge in [-0.3, -0.25) is 14.4 Å². The van der Waals surface area contributed by atoms with Gasteiger partial charge in [0, 0.05) is 19.3 Å². The quantitative estimate of drug-likeness (QED) is 0.0261. The zero-order chi connectivity index (χ0) is 58.5. The Morgan fingerprint density at radius 2 is 0.469 bits per heavy atom. The highest BCUT2D eigenvalue weighted by Gasteiger charge is 2.19. The van der Waals surface area contributed by atoms with E-state index in [0.29, 0.717) is 19.3 Å². The number of hydrogen-bond acceptors (Lipinski definition) is 6. The Labute approximate surface area is 499 Å². The molecule has 0 aromatic carbocycles. The van der Waals surface area contributed by atoms with Crippen molar-refractivity contribution in [2.45, 2.75) is 297 Å². The van der Waals surface area contributed by atoms with E-state index in [2.05, 4.69) is 161 Å². The highest BCUT2D eigenvalue weighted by atomic mass is 16.6. The average Bonchev–Trinajstić information content (AvgIpc) is 3.46. The van der Waals surface area contributed by atoms with Crippen molar-refractivity contribution in [1.29, 1.82) is 0 Å². The van der Waals surface area contributed by atoms with Crippen molar-refractivity contribution in [2.24, 2.45) is 0 Å². The van der Waals surface area contributed by atoms with Gasteiger partial charge in [-0.25, -0.2) is 0 Å². The van der Waals surface area contributed by atoms with E-state index in [9.17, 15) is 14.4 Å². The smallest absolute Gasteiger partial charge is 0.306 e. The van der Waals surface area contributed by atoms with Gasteiger partial charge in [0.05, 0.1) is 0 Å². The molecular formula is C75H122O6. The molecule has 0 aliphatic rings. The van der Waals surface area contributed by atoms with Crippen molar-refractivity contribution >= 4 is 17.9 Å². The topological polar surface area (TPSA) is 78.9 Å². The maximum absolute atomic E-state index is 12.9. The normalized spacial score (nSPS) is 13.1. The van der Waals surface area contributed by atoms with E-state index in [1.165, 1.54) is 122 Å². The molecule has 0 spiro atoms. The molecule has 0 N–H and O–H groups in total. The summed E-state index contributed by atoms with van der Waals surface area (Å²) in [4.78, 5) is 38.3. The lowest BCUT2D eigenvalue weighted by Gasteiger charge is -2.18. The third kappa shape index (κ3) is 66.0. The molecule has 6 nitrogen and oxygen atoms in total. The number of carbonyl (C=O) groups excluding carboxylic acids is 3. The molecule has 0 amide bonds. The lowest BCUT2D eigenvalue weighted by molar-refractivity contribution is -0.166. The zero-order valence-corrected chi connectivity index (χ0v) is 52.5. The Kier molecular flexibility index (Phi) is 63.9. The molecule has 0 aliphatic heterocycles. The van der Waals surface area contributed by atoms with Crippen molar-refractivity contribution in [3.8, 4) is 0 Å². The van der Waals surface area contributed by atoms with Crippen LogP contribution in [0.15, 0.2) is 146 Å². The molecule has 81 heavy (non-hydrogen) atoms. The Bertz CT molecular complexity index is 1760. The largest absolute Gasteiger partial charge is 0.462 e. The van der Waals surface area contributed by atoms with Crippen LogP contribution in [0.1, 0.15) is 290 Å². The fraction of sp³-hybridized carbons (Fsp3) is 0.640. The van der Waals surface area contributed by atoms with Gasteiger partial charge in [-0.15, -0.1) is 0 Å². The van der Waals surface area contributed by atoms with E-state index in [0.717, 1.165) is 122 Å². The summed E-state index contributed by atoms with van der Waals surface area (Å²) in [5.41, 5.74) is 0. The molecular weight excluding hydrogens is 997 g/mol. The summed E-state index contributed by atoms with van der Waals surface area (Å²) in [5.74, 6) is -0.997. The molecule has 0 heterocycles. The average molecular weight is 1120 g/mol. The molecule has 6 heteroatoms. The monoisotopic (exact) mass is 1120 g/mol. The molecule has 0 aromatic rings. The van der Waals surface area contributed by atoms with E-state index in [-0.39, 0.29) is 37.5 Å². The summed E-state index contributed by atoms with van der Waals surface area (Å²) in [7, 11) is 0. The first-order valence-electron chi connectivity index (χ1n) is 33.3. The van der Waals surface area contributed by atoms with Gasteiger partial charge >= 0.3 is 17.9 Å². The summed E-state index contributed by atoms with van der Waals surface area (Å²) in [5, 5.41) is 0. The van der Waals surface area contributed by atoms with E-state index in [4.69, 9.17) is 14.2 Å². The SMILES string of the molecule is CC/C=C\C/C=C\C/C=C\C/C=C\CCCCCCCCCCCCCCCCCCC(=O)OCC(COC(=O)CC/C=C\C/C=C\C/C=C\C/C=C\CC)OC(=O)CCCCCCCCCC/C=C\C/C=C\C/C=C\C/C=C\CC. The zero-order valence-electron chi connectivity index (χ0n) is 52.5. The predicted molar refractivity (Wildman–Crippen MR) is 352 cm³/mol. The number of rotatable bonds is 59. The first-order valence-corrected chi connectivity index (χ1v) is 33.3. The lowest BCUT2D eigenvalue weighted by Crippen LogP contribution is -2.30. The van der Waals surface area contributed by atoms with E-state index in [1.807, 2.05) is 6.08 Å². The van der Waals surface area contributed by atoms with Crippen LogP contribution in [-0.4, -0.2) is 37.2 Å². The molecule has 458 valence electrons. The summed E-state index contributed by atoms with van der Waals surface area (Å²) in [6.45, 7) is 6.24.